The predicted octanol–water partition coefficient (Wildman–Crippen LogP) is 3.08. The van der Waals surface area contributed by atoms with Crippen LogP contribution in [0.2, 0.25) is 0 Å². The van der Waals surface area contributed by atoms with E-state index >= 15 is 0 Å². The molecular formula is C25H28N2O6. The normalized spacial score (nSPS) is 13.2. The Labute approximate surface area is 192 Å². The summed E-state index contributed by atoms with van der Waals surface area (Å²) >= 11 is 0. The second-order valence-corrected chi connectivity index (χ2v) is 7.64. The van der Waals surface area contributed by atoms with Gasteiger partial charge in [0.2, 0.25) is 5.91 Å². The van der Waals surface area contributed by atoms with E-state index in [0.717, 1.165) is 28.3 Å². The maximum atomic E-state index is 12.6. The molecule has 2 amide bonds. The number of aliphatic carboxylic acids is 1. The van der Waals surface area contributed by atoms with Gasteiger partial charge in [-0.25, -0.2) is 9.59 Å². The van der Waals surface area contributed by atoms with E-state index in [0.29, 0.717) is 19.4 Å². The fraction of sp³-hybridized carbons (Fsp3) is 0.320. The number of methoxy groups -OCH3 is 1. The molecule has 0 radical (unpaired) electrons. The lowest BCUT2D eigenvalue weighted by atomic mass is 9.98. The van der Waals surface area contributed by atoms with E-state index in [-0.39, 0.29) is 19.1 Å². The number of fused-ring (bicyclic) bond motifs is 3. The van der Waals surface area contributed by atoms with Crippen molar-refractivity contribution in [2.45, 2.75) is 24.8 Å². The summed E-state index contributed by atoms with van der Waals surface area (Å²) in [4.78, 5) is 35.6. The number of hydrogen-bond donors (Lipinski definition) is 3. The number of amides is 2. The van der Waals surface area contributed by atoms with Gasteiger partial charge in [-0.2, -0.15) is 0 Å². The predicted molar refractivity (Wildman–Crippen MR) is 123 cm³/mol. The molecule has 1 aliphatic rings. The first-order valence-electron chi connectivity index (χ1n) is 10.8. The molecule has 8 heteroatoms. The molecule has 174 valence electrons. The van der Waals surface area contributed by atoms with Crippen molar-refractivity contribution in [2.75, 3.05) is 26.9 Å². The average molecular weight is 453 g/mol. The fourth-order valence-electron chi connectivity index (χ4n) is 3.93. The minimum Gasteiger partial charge on any atom is -0.478 e. The molecular weight excluding hydrogens is 424 g/mol. The zero-order valence-electron chi connectivity index (χ0n) is 18.5. The summed E-state index contributed by atoms with van der Waals surface area (Å²) in [7, 11) is 1.56. The monoisotopic (exact) mass is 452 g/mol. The summed E-state index contributed by atoms with van der Waals surface area (Å²) in [6.07, 6.45) is 2.49. The van der Waals surface area contributed by atoms with Gasteiger partial charge in [0.15, 0.2) is 0 Å². The van der Waals surface area contributed by atoms with E-state index in [1.807, 2.05) is 36.4 Å². The molecule has 2 aromatic carbocycles. The van der Waals surface area contributed by atoms with Gasteiger partial charge in [0.1, 0.15) is 12.6 Å². The summed E-state index contributed by atoms with van der Waals surface area (Å²) in [5.74, 6) is -1.60. The SMILES string of the molecule is COCCCC(NC(=O)OCC1c2ccccc2-c2ccccc21)C(=O)NC/C=C/C(=O)O. The van der Waals surface area contributed by atoms with E-state index in [2.05, 4.69) is 22.8 Å². The van der Waals surface area contributed by atoms with E-state index < -0.39 is 24.0 Å². The third kappa shape index (κ3) is 6.43. The number of hydrogen-bond acceptors (Lipinski definition) is 5. The number of carbonyl (C=O) groups excluding carboxylic acids is 2. The fourth-order valence-corrected chi connectivity index (χ4v) is 3.93. The van der Waals surface area contributed by atoms with Crippen LogP contribution < -0.4 is 10.6 Å². The number of carboxylic acid groups (broad SMARTS) is 1. The standard InChI is InChI=1S/C25H28N2O6/c1-32-15-7-12-22(24(30)26-14-6-13-23(28)29)27-25(31)33-16-21-19-10-4-2-8-17(19)18-9-3-5-11-20(18)21/h2-6,8-11,13,21-22H,7,12,14-16H2,1H3,(H,26,30)(H,27,31)(H,28,29)/b13-6+. The van der Waals surface area contributed by atoms with E-state index in [9.17, 15) is 14.4 Å². The van der Waals surface area contributed by atoms with Crippen LogP contribution >= 0.6 is 0 Å². The Bertz CT molecular complexity index is 974. The van der Waals surface area contributed by atoms with Crippen molar-refractivity contribution >= 4 is 18.0 Å². The number of rotatable bonds is 11. The van der Waals surface area contributed by atoms with E-state index in [4.69, 9.17) is 14.6 Å². The topological polar surface area (TPSA) is 114 Å². The molecule has 8 nitrogen and oxygen atoms in total. The molecule has 0 saturated carbocycles. The molecule has 33 heavy (non-hydrogen) atoms. The number of benzene rings is 2. The van der Waals surface area contributed by atoms with Crippen molar-refractivity contribution in [3.05, 3.63) is 71.8 Å². The highest BCUT2D eigenvalue weighted by Crippen LogP contribution is 2.44. The lowest BCUT2D eigenvalue weighted by Gasteiger charge is -2.19. The average Bonchev–Trinajstić information content (AvgIpc) is 3.13. The molecule has 0 heterocycles. The molecule has 3 N–H and O–H groups in total. The van der Waals surface area contributed by atoms with Crippen molar-refractivity contribution in [3.63, 3.8) is 0 Å². The first-order chi connectivity index (χ1) is 16.0. The van der Waals surface area contributed by atoms with Gasteiger partial charge in [-0.05, 0) is 35.1 Å². The van der Waals surface area contributed by atoms with Crippen molar-refractivity contribution in [3.8, 4) is 11.1 Å². The molecule has 0 aliphatic heterocycles. The van der Waals surface area contributed by atoms with Crippen molar-refractivity contribution in [1.82, 2.24) is 10.6 Å². The second kappa shape index (κ2) is 11.8. The molecule has 2 aromatic rings. The zero-order chi connectivity index (χ0) is 23.6. The van der Waals surface area contributed by atoms with Crippen LogP contribution in [0.15, 0.2) is 60.7 Å². The summed E-state index contributed by atoms with van der Waals surface area (Å²) < 4.78 is 10.6. The van der Waals surface area contributed by atoms with Crippen LogP contribution in [0.5, 0.6) is 0 Å². The van der Waals surface area contributed by atoms with Crippen LogP contribution in [-0.2, 0) is 19.1 Å². The summed E-state index contributed by atoms with van der Waals surface area (Å²) in [6.45, 7) is 0.626. The Morgan fingerprint density at radius 1 is 1.06 bits per heavy atom. The third-order valence-corrected chi connectivity index (χ3v) is 5.45. The third-order valence-electron chi connectivity index (χ3n) is 5.45. The van der Waals surface area contributed by atoms with Crippen LogP contribution in [0, 0.1) is 0 Å². The minimum absolute atomic E-state index is 0.0400. The Morgan fingerprint density at radius 3 is 2.30 bits per heavy atom. The largest absolute Gasteiger partial charge is 0.478 e. The molecule has 3 rings (SSSR count). The quantitative estimate of drug-likeness (QED) is 0.357. The molecule has 0 aromatic heterocycles. The minimum atomic E-state index is -1.10. The van der Waals surface area contributed by atoms with Crippen LogP contribution in [-0.4, -0.2) is 56.0 Å². The van der Waals surface area contributed by atoms with Gasteiger partial charge < -0.3 is 25.2 Å². The summed E-state index contributed by atoms with van der Waals surface area (Å²) in [5, 5.41) is 13.9. The number of carbonyl (C=O) groups is 3. The number of carboxylic acids is 1. The molecule has 1 atom stereocenters. The maximum Gasteiger partial charge on any atom is 0.407 e. The van der Waals surface area contributed by atoms with Crippen LogP contribution in [0.3, 0.4) is 0 Å². The Morgan fingerprint density at radius 2 is 1.70 bits per heavy atom. The van der Waals surface area contributed by atoms with Crippen molar-refractivity contribution in [2.24, 2.45) is 0 Å². The highest BCUT2D eigenvalue weighted by Gasteiger charge is 2.29. The van der Waals surface area contributed by atoms with Crippen LogP contribution in [0.25, 0.3) is 11.1 Å². The second-order valence-electron chi connectivity index (χ2n) is 7.64. The van der Waals surface area contributed by atoms with Gasteiger partial charge >= 0.3 is 12.1 Å². The molecule has 0 saturated heterocycles. The zero-order valence-corrected chi connectivity index (χ0v) is 18.5. The molecule has 1 aliphatic carbocycles. The Balaban J connectivity index is 1.60. The number of alkyl carbamates (subject to hydrolysis) is 1. The van der Waals surface area contributed by atoms with Crippen LogP contribution in [0.4, 0.5) is 4.79 Å². The molecule has 0 bridgehead atoms. The van der Waals surface area contributed by atoms with Crippen molar-refractivity contribution in [1.29, 1.82) is 0 Å². The van der Waals surface area contributed by atoms with Gasteiger partial charge in [0.05, 0.1) is 0 Å². The lowest BCUT2D eigenvalue weighted by molar-refractivity contribution is -0.131. The van der Waals surface area contributed by atoms with Crippen LogP contribution in [0.1, 0.15) is 29.9 Å². The molecule has 1 unspecified atom stereocenters. The highest BCUT2D eigenvalue weighted by atomic mass is 16.5. The molecule has 0 spiro atoms. The first-order valence-corrected chi connectivity index (χ1v) is 10.8. The van der Waals surface area contributed by atoms with E-state index in [1.165, 1.54) is 6.08 Å². The van der Waals surface area contributed by atoms with Gasteiger partial charge in [-0.15, -0.1) is 0 Å². The maximum absolute atomic E-state index is 12.6. The molecule has 0 fully saturated rings. The van der Waals surface area contributed by atoms with E-state index in [1.54, 1.807) is 7.11 Å². The van der Waals surface area contributed by atoms with Gasteiger partial charge in [-0.3, -0.25) is 4.79 Å². The number of nitrogens with one attached hydrogen (secondary N) is 2. The van der Waals surface area contributed by atoms with Gasteiger partial charge in [0.25, 0.3) is 0 Å². The number of ether oxygens (including phenoxy) is 2. The summed E-state index contributed by atoms with van der Waals surface area (Å²) in [5.41, 5.74) is 4.47. The Hall–Kier alpha value is -3.65. The summed E-state index contributed by atoms with van der Waals surface area (Å²) in [6, 6.07) is 15.3. The van der Waals surface area contributed by atoms with Crippen molar-refractivity contribution < 1.29 is 29.0 Å². The first kappa shape index (κ1) is 24.0. The highest BCUT2D eigenvalue weighted by molar-refractivity contribution is 5.86. The van der Waals surface area contributed by atoms with Gasteiger partial charge in [-0.1, -0.05) is 54.6 Å². The Kier molecular flexibility index (Phi) is 8.60. The lowest BCUT2D eigenvalue weighted by Crippen LogP contribution is -2.47. The van der Waals surface area contributed by atoms with Gasteiger partial charge in [0, 0.05) is 32.3 Å². The smallest absolute Gasteiger partial charge is 0.407 e.